The first-order chi connectivity index (χ1) is 9.38. The SMILES string of the molecule is COCCOCCc1noc(CN2CCNCC2)n1. The van der Waals surface area contributed by atoms with Crippen LogP contribution < -0.4 is 5.32 Å². The van der Waals surface area contributed by atoms with Gasteiger partial charge in [0.15, 0.2) is 5.82 Å². The summed E-state index contributed by atoms with van der Waals surface area (Å²) in [5.74, 6) is 1.40. The summed E-state index contributed by atoms with van der Waals surface area (Å²) in [5.41, 5.74) is 0. The van der Waals surface area contributed by atoms with Crippen LogP contribution in [0.25, 0.3) is 0 Å². The molecule has 2 rings (SSSR count). The fraction of sp³-hybridized carbons (Fsp3) is 0.833. The van der Waals surface area contributed by atoms with Crippen molar-refractivity contribution in [3.8, 4) is 0 Å². The summed E-state index contributed by atoms with van der Waals surface area (Å²) in [5, 5.41) is 7.28. The summed E-state index contributed by atoms with van der Waals surface area (Å²) in [6.45, 7) is 6.63. The van der Waals surface area contributed by atoms with Crippen LogP contribution in [0.5, 0.6) is 0 Å². The van der Waals surface area contributed by atoms with Crippen LogP contribution in [0.3, 0.4) is 0 Å². The molecule has 0 saturated carbocycles. The van der Waals surface area contributed by atoms with Gasteiger partial charge in [-0.1, -0.05) is 5.16 Å². The summed E-state index contributed by atoms with van der Waals surface area (Å²) < 4.78 is 15.5. The Kier molecular flexibility index (Phi) is 6.22. The number of hydrogen-bond acceptors (Lipinski definition) is 7. The van der Waals surface area contributed by atoms with E-state index in [4.69, 9.17) is 14.0 Å². The van der Waals surface area contributed by atoms with Crippen molar-refractivity contribution < 1.29 is 14.0 Å². The molecule has 0 aliphatic carbocycles. The second-order valence-electron chi connectivity index (χ2n) is 4.49. The third kappa shape index (κ3) is 5.23. The topological polar surface area (TPSA) is 72.7 Å². The zero-order valence-electron chi connectivity index (χ0n) is 11.4. The zero-order chi connectivity index (χ0) is 13.3. The molecule has 1 N–H and O–H groups in total. The first kappa shape index (κ1) is 14.4. The molecule has 1 aromatic heterocycles. The Balaban J connectivity index is 1.66. The largest absolute Gasteiger partial charge is 0.382 e. The van der Waals surface area contributed by atoms with Crippen molar-refractivity contribution >= 4 is 0 Å². The second kappa shape index (κ2) is 8.21. The van der Waals surface area contributed by atoms with Crippen LogP contribution in [0.4, 0.5) is 0 Å². The van der Waals surface area contributed by atoms with E-state index >= 15 is 0 Å². The smallest absolute Gasteiger partial charge is 0.240 e. The van der Waals surface area contributed by atoms with Gasteiger partial charge in [0, 0.05) is 39.7 Å². The quantitative estimate of drug-likeness (QED) is 0.649. The molecule has 0 atom stereocenters. The Morgan fingerprint density at radius 3 is 2.89 bits per heavy atom. The van der Waals surface area contributed by atoms with Crippen LogP contribution >= 0.6 is 0 Å². The van der Waals surface area contributed by atoms with E-state index < -0.39 is 0 Å². The number of hydrogen-bond donors (Lipinski definition) is 1. The van der Waals surface area contributed by atoms with Crippen molar-refractivity contribution in [2.75, 3.05) is 53.1 Å². The molecule has 0 spiro atoms. The molecular weight excluding hydrogens is 248 g/mol. The van der Waals surface area contributed by atoms with Crippen LogP contribution in [0, 0.1) is 0 Å². The van der Waals surface area contributed by atoms with Gasteiger partial charge in [-0.15, -0.1) is 0 Å². The van der Waals surface area contributed by atoms with Gasteiger partial charge in [-0.05, 0) is 0 Å². The number of nitrogens with zero attached hydrogens (tertiary/aromatic N) is 3. The fourth-order valence-corrected chi connectivity index (χ4v) is 1.92. The third-order valence-corrected chi connectivity index (χ3v) is 2.98. The van der Waals surface area contributed by atoms with Gasteiger partial charge in [-0.2, -0.15) is 4.98 Å². The van der Waals surface area contributed by atoms with E-state index in [2.05, 4.69) is 20.4 Å². The van der Waals surface area contributed by atoms with E-state index in [1.165, 1.54) is 0 Å². The highest BCUT2D eigenvalue weighted by Gasteiger charge is 2.14. The molecule has 7 nitrogen and oxygen atoms in total. The van der Waals surface area contributed by atoms with Gasteiger partial charge in [-0.25, -0.2) is 0 Å². The minimum absolute atomic E-state index is 0.593. The summed E-state index contributed by atoms with van der Waals surface area (Å²) >= 11 is 0. The molecule has 0 bridgehead atoms. The van der Waals surface area contributed by atoms with Gasteiger partial charge in [0.2, 0.25) is 5.89 Å². The first-order valence-electron chi connectivity index (χ1n) is 6.69. The lowest BCUT2D eigenvalue weighted by Gasteiger charge is -2.25. The van der Waals surface area contributed by atoms with Crippen molar-refractivity contribution in [3.05, 3.63) is 11.7 Å². The van der Waals surface area contributed by atoms with Crippen molar-refractivity contribution in [2.24, 2.45) is 0 Å². The summed E-state index contributed by atoms with van der Waals surface area (Å²) in [6, 6.07) is 0. The lowest BCUT2D eigenvalue weighted by molar-refractivity contribution is 0.0714. The molecule has 19 heavy (non-hydrogen) atoms. The highest BCUT2D eigenvalue weighted by molar-refractivity contribution is 4.87. The monoisotopic (exact) mass is 270 g/mol. The minimum atomic E-state index is 0.593. The minimum Gasteiger partial charge on any atom is -0.382 e. The van der Waals surface area contributed by atoms with Crippen molar-refractivity contribution in [2.45, 2.75) is 13.0 Å². The van der Waals surface area contributed by atoms with E-state index in [9.17, 15) is 0 Å². The first-order valence-corrected chi connectivity index (χ1v) is 6.69. The Labute approximate surface area is 113 Å². The highest BCUT2D eigenvalue weighted by atomic mass is 16.5. The fourth-order valence-electron chi connectivity index (χ4n) is 1.92. The molecule has 1 aliphatic rings. The number of piperazine rings is 1. The van der Waals surface area contributed by atoms with E-state index in [-0.39, 0.29) is 0 Å². The average molecular weight is 270 g/mol. The van der Waals surface area contributed by atoms with Crippen molar-refractivity contribution in [1.82, 2.24) is 20.4 Å². The standard InChI is InChI=1S/C12H22N4O3/c1-17-8-9-18-7-2-11-14-12(19-15-11)10-16-5-3-13-4-6-16/h13H,2-10H2,1H3. The number of ether oxygens (including phenoxy) is 2. The van der Waals surface area contributed by atoms with Gasteiger partial charge >= 0.3 is 0 Å². The van der Waals surface area contributed by atoms with Gasteiger partial charge < -0.3 is 19.3 Å². The van der Waals surface area contributed by atoms with E-state index in [0.29, 0.717) is 38.0 Å². The molecule has 1 saturated heterocycles. The molecule has 0 aromatic carbocycles. The lowest BCUT2D eigenvalue weighted by atomic mass is 10.3. The van der Waals surface area contributed by atoms with Crippen molar-refractivity contribution in [3.63, 3.8) is 0 Å². The molecule has 0 unspecified atom stereocenters. The summed E-state index contributed by atoms with van der Waals surface area (Å²) in [7, 11) is 1.66. The molecule has 108 valence electrons. The number of methoxy groups -OCH3 is 1. The maximum absolute atomic E-state index is 5.37. The molecule has 1 fully saturated rings. The van der Waals surface area contributed by atoms with E-state index in [1.54, 1.807) is 7.11 Å². The Morgan fingerprint density at radius 1 is 1.26 bits per heavy atom. The lowest BCUT2D eigenvalue weighted by Crippen LogP contribution is -2.42. The van der Waals surface area contributed by atoms with Gasteiger partial charge in [-0.3, -0.25) is 4.90 Å². The number of nitrogens with one attached hydrogen (secondary N) is 1. The zero-order valence-corrected chi connectivity index (χ0v) is 11.4. The molecule has 1 aromatic rings. The van der Waals surface area contributed by atoms with Gasteiger partial charge in [0.1, 0.15) is 0 Å². The van der Waals surface area contributed by atoms with Crippen LogP contribution in [-0.4, -0.2) is 68.2 Å². The highest BCUT2D eigenvalue weighted by Crippen LogP contribution is 2.04. The van der Waals surface area contributed by atoms with Gasteiger partial charge in [0.05, 0.1) is 26.4 Å². The molecule has 0 radical (unpaired) electrons. The predicted molar refractivity (Wildman–Crippen MR) is 68.8 cm³/mol. The Bertz CT molecular complexity index is 352. The van der Waals surface area contributed by atoms with Crippen LogP contribution in [0.1, 0.15) is 11.7 Å². The molecule has 2 heterocycles. The predicted octanol–water partition coefficient (Wildman–Crippen LogP) is -0.320. The maximum Gasteiger partial charge on any atom is 0.240 e. The van der Waals surface area contributed by atoms with Crippen LogP contribution in [0.2, 0.25) is 0 Å². The molecular formula is C12H22N4O3. The van der Waals surface area contributed by atoms with Crippen LogP contribution in [-0.2, 0) is 22.4 Å². The summed E-state index contributed by atoms with van der Waals surface area (Å²) in [6.07, 6.45) is 0.675. The molecule has 1 aliphatic heterocycles. The molecule has 0 amide bonds. The van der Waals surface area contributed by atoms with Crippen molar-refractivity contribution in [1.29, 1.82) is 0 Å². The maximum atomic E-state index is 5.37. The third-order valence-electron chi connectivity index (χ3n) is 2.98. The molecule has 7 heteroatoms. The average Bonchev–Trinajstić information content (AvgIpc) is 2.87. The normalized spacial score (nSPS) is 16.9. The van der Waals surface area contributed by atoms with Crippen LogP contribution in [0.15, 0.2) is 4.52 Å². The Morgan fingerprint density at radius 2 is 2.11 bits per heavy atom. The van der Waals surface area contributed by atoms with E-state index in [0.717, 1.165) is 32.7 Å². The van der Waals surface area contributed by atoms with E-state index in [1.807, 2.05) is 0 Å². The number of aromatic nitrogens is 2. The number of rotatable bonds is 8. The summed E-state index contributed by atoms with van der Waals surface area (Å²) in [4.78, 5) is 6.68. The second-order valence-corrected chi connectivity index (χ2v) is 4.49. The Hall–Kier alpha value is -1.02. The van der Waals surface area contributed by atoms with Gasteiger partial charge in [0.25, 0.3) is 0 Å².